The molecule has 4 rings (SSSR count). The molecule has 0 spiro atoms. The van der Waals surface area contributed by atoms with Crippen molar-refractivity contribution in [2.45, 2.75) is 19.3 Å². The molecule has 0 bridgehead atoms. The molecule has 1 saturated heterocycles. The van der Waals surface area contributed by atoms with Crippen molar-refractivity contribution in [3.63, 3.8) is 0 Å². The van der Waals surface area contributed by atoms with E-state index in [-0.39, 0.29) is 5.78 Å². The van der Waals surface area contributed by atoms with Gasteiger partial charge in [-0.2, -0.15) is 0 Å². The minimum atomic E-state index is 0.231. The minimum Gasteiger partial charge on any atom is -0.322 e. The minimum absolute atomic E-state index is 0.231. The number of hydrogen-bond donors (Lipinski definition) is 0. The maximum Gasteiger partial charge on any atom is 0.195 e. The van der Waals surface area contributed by atoms with Crippen molar-refractivity contribution in [2.24, 2.45) is 0 Å². The topological polar surface area (TPSA) is 17.1 Å². The summed E-state index contributed by atoms with van der Waals surface area (Å²) in [6, 6.07) is 12.4. The summed E-state index contributed by atoms with van der Waals surface area (Å²) in [5, 5.41) is 2.29. The Bertz CT molecular complexity index is 776. The van der Waals surface area contributed by atoms with E-state index in [1.165, 1.54) is 37.9 Å². The molecule has 22 heavy (non-hydrogen) atoms. The first kappa shape index (κ1) is 13.7. The molecule has 0 radical (unpaired) electrons. The number of nitrogens with zero attached hydrogens (tertiary/aromatic N) is 1. The largest absolute Gasteiger partial charge is 0.322 e. The summed E-state index contributed by atoms with van der Waals surface area (Å²) in [4.78, 5) is 12.9. The maximum absolute atomic E-state index is 12.9. The summed E-state index contributed by atoms with van der Waals surface area (Å²) in [6.45, 7) is 3.25. The first-order valence-corrected chi connectivity index (χ1v) is 8.27. The fourth-order valence-corrected chi connectivity index (χ4v) is 4.07. The van der Waals surface area contributed by atoms with Crippen LogP contribution in [0.2, 0.25) is 0 Å². The highest BCUT2D eigenvalue weighted by atomic mass is 16.1. The molecule has 0 atom stereocenters. The molecule has 0 amide bonds. The zero-order chi connectivity index (χ0) is 15.2. The second-order valence-corrected chi connectivity index (χ2v) is 7.04. The second-order valence-electron chi connectivity index (χ2n) is 7.04. The number of carbonyl (C=O) groups is 1. The smallest absolute Gasteiger partial charge is 0.195 e. The number of rotatable bonds is 2. The average Bonchev–Trinajstić information content (AvgIpc) is 2.53. The fraction of sp³-hybridized carbons (Fsp3) is 0.350. The maximum atomic E-state index is 12.9. The lowest BCUT2D eigenvalue weighted by atomic mass is 9.87. The third-order valence-electron chi connectivity index (χ3n) is 5.25. The van der Waals surface area contributed by atoms with E-state index in [0.717, 1.165) is 32.9 Å². The van der Waals surface area contributed by atoms with Crippen molar-refractivity contribution in [1.29, 1.82) is 0 Å². The summed E-state index contributed by atoms with van der Waals surface area (Å²) in [5.41, 5.74) is 3.07. The van der Waals surface area contributed by atoms with Crippen molar-refractivity contribution in [1.82, 2.24) is 0 Å². The summed E-state index contributed by atoms with van der Waals surface area (Å²) in [6.07, 6.45) is 6.03. The van der Waals surface area contributed by atoms with Gasteiger partial charge in [0.25, 0.3) is 0 Å². The van der Waals surface area contributed by atoms with Gasteiger partial charge in [0.05, 0.1) is 25.7 Å². The second kappa shape index (κ2) is 5.06. The first-order valence-electron chi connectivity index (χ1n) is 8.27. The van der Waals surface area contributed by atoms with E-state index in [2.05, 4.69) is 37.4 Å². The van der Waals surface area contributed by atoms with Crippen LogP contribution in [-0.2, 0) is 0 Å². The highest BCUT2D eigenvalue weighted by Gasteiger charge is 2.31. The Morgan fingerprint density at radius 2 is 1.73 bits per heavy atom. The van der Waals surface area contributed by atoms with Crippen molar-refractivity contribution < 1.29 is 9.28 Å². The SMILES string of the molecule is C[N+]1(CC2=Cc3cccc4cccc(c34)C2=O)CCCCC1. The molecular weight excluding hydrogens is 270 g/mol. The van der Waals surface area contributed by atoms with Gasteiger partial charge in [-0.1, -0.05) is 36.4 Å². The van der Waals surface area contributed by atoms with Gasteiger partial charge < -0.3 is 4.48 Å². The monoisotopic (exact) mass is 292 g/mol. The van der Waals surface area contributed by atoms with E-state index in [9.17, 15) is 4.79 Å². The molecule has 0 saturated carbocycles. The lowest BCUT2D eigenvalue weighted by molar-refractivity contribution is -0.909. The van der Waals surface area contributed by atoms with Gasteiger partial charge in [-0.05, 0) is 36.3 Å². The number of quaternary nitrogens is 1. The highest BCUT2D eigenvalue weighted by Crippen LogP contribution is 2.32. The normalized spacial score (nSPS) is 20.0. The molecule has 1 heterocycles. The van der Waals surface area contributed by atoms with E-state index in [1.54, 1.807) is 0 Å². The third-order valence-corrected chi connectivity index (χ3v) is 5.25. The number of Topliss-reactive ketones (excluding diaryl/α,β-unsaturated/α-hetero) is 1. The van der Waals surface area contributed by atoms with Gasteiger partial charge in [0.2, 0.25) is 0 Å². The van der Waals surface area contributed by atoms with Crippen molar-refractivity contribution in [3.8, 4) is 0 Å². The number of benzene rings is 2. The Morgan fingerprint density at radius 1 is 1.00 bits per heavy atom. The number of likely N-dealkylation sites (tertiary alicyclic amines) is 1. The predicted octanol–water partition coefficient (Wildman–Crippen LogP) is 4.05. The van der Waals surface area contributed by atoms with Gasteiger partial charge in [-0.3, -0.25) is 4.79 Å². The first-order chi connectivity index (χ1) is 10.7. The van der Waals surface area contributed by atoms with E-state index < -0.39 is 0 Å². The lowest BCUT2D eigenvalue weighted by Gasteiger charge is -2.38. The molecule has 0 N–H and O–H groups in total. The van der Waals surface area contributed by atoms with E-state index in [1.807, 2.05) is 12.1 Å². The molecule has 2 aromatic carbocycles. The van der Waals surface area contributed by atoms with E-state index in [0.29, 0.717) is 0 Å². The van der Waals surface area contributed by atoms with Crippen LogP contribution in [0.25, 0.3) is 16.8 Å². The Kier molecular flexibility index (Phi) is 3.16. The third kappa shape index (κ3) is 2.19. The average molecular weight is 292 g/mol. The van der Waals surface area contributed by atoms with Crippen LogP contribution < -0.4 is 0 Å². The van der Waals surface area contributed by atoms with Gasteiger partial charge in [0.1, 0.15) is 6.54 Å². The Hall–Kier alpha value is -1.93. The Labute approximate surface area is 131 Å². The quantitative estimate of drug-likeness (QED) is 0.763. The summed E-state index contributed by atoms with van der Waals surface area (Å²) >= 11 is 0. The summed E-state index contributed by atoms with van der Waals surface area (Å²) in [5.74, 6) is 0.231. The van der Waals surface area contributed by atoms with Crippen molar-refractivity contribution in [3.05, 3.63) is 53.1 Å². The predicted molar refractivity (Wildman–Crippen MR) is 90.9 cm³/mol. The standard InChI is InChI=1S/C20H22NO/c1-21(11-3-2-4-12-21)14-17-13-16-9-5-7-15-8-6-10-18(19(15)16)20(17)22/h5-10,13H,2-4,11-12,14H2,1H3/q+1. The molecular formula is C20H22NO+. The number of piperidine rings is 1. The molecule has 0 unspecified atom stereocenters. The van der Waals surface area contributed by atoms with Gasteiger partial charge in [-0.25, -0.2) is 0 Å². The molecule has 1 aliphatic heterocycles. The molecule has 2 aliphatic rings. The zero-order valence-corrected chi connectivity index (χ0v) is 13.1. The van der Waals surface area contributed by atoms with Gasteiger partial charge >= 0.3 is 0 Å². The van der Waals surface area contributed by atoms with Crippen LogP contribution in [0.5, 0.6) is 0 Å². The Balaban J connectivity index is 1.77. The van der Waals surface area contributed by atoms with Crippen LogP contribution in [0.15, 0.2) is 42.0 Å². The van der Waals surface area contributed by atoms with Crippen molar-refractivity contribution >= 4 is 22.6 Å². The number of likely N-dealkylation sites (N-methyl/N-ethyl adjacent to an activating group) is 1. The van der Waals surface area contributed by atoms with Crippen LogP contribution >= 0.6 is 0 Å². The number of carbonyl (C=O) groups excluding carboxylic acids is 1. The van der Waals surface area contributed by atoms with Crippen LogP contribution in [0, 0.1) is 0 Å². The van der Waals surface area contributed by atoms with E-state index in [4.69, 9.17) is 0 Å². The van der Waals surface area contributed by atoms with Crippen LogP contribution in [0.4, 0.5) is 0 Å². The molecule has 1 fully saturated rings. The molecule has 1 aliphatic carbocycles. The van der Waals surface area contributed by atoms with Crippen LogP contribution in [0.3, 0.4) is 0 Å². The molecule has 2 nitrogen and oxygen atoms in total. The fourth-order valence-electron chi connectivity index (χ4n) is 4.07. The van der Waals surface area contributed by atoms with Gasteiger partial charge in [0.15, 0.2) is 5.78 Å². The van der Waals surface area contributed by atoms with Gasteiger partial charge in [0, 0.05) is 10.9 Å². The van der Waals surface area contributed by atoms with E-state index >= 15 is 0 Å². The lowest BCUT2D eigenvalue weighted by Crippen LogP contribution is -2.49. The highest BCUT2D eigenvalue weighted by molar-refractivity contribution is 6.22. The molecule has 112 valence electrons. The zero-order valence-electron chi connectivity index (χ0n) is 13.1. The number of ketones is 1. The van der Waals surface area contributed by atoms with Gasteiger partial charge in [-0.15, -0.1) is 0 Å². The molecule has 2 aromatic rings. The van der Waals surface area contributed by atoms with Crippen molar-refractivity contribution in [2.75, 3.05) is 26.7 Å². The molecule has 2 heteroatoms. The van der Waals surface area contributed by atoms with Crippen LogP contribution in [0.1, 0.15) is 35.2 Å². The summed E-state index contributed by atoms with van der Waals surface area (Å²) in [7, 11) is 2.30. The summed E-state index contributed by atoms with van der Waals surface area (Å²) < 4.78 is 1.01. The Morgan fingerprint density at radius 3 is 2.50 bits per heavy atom. The molecule has 0 aromatic heterocycles. The van der Waals surface area contributed by atoms with Crippen LogP contribution in [-0.4, -0.2) is 36.9 Å². The number of hydrogen-bond acceptors (Lipinski definition) is 1.